The Morgan fingerprint density at radius 2 is 2.07 bits per heavy atom. The summed E-state index contributed by atoms with van der Waals surface area (Å²) >= 11 is 6.25. The summed E-state index contributed by atoms with van der Waals surface area (Å²) in [5.41, 5.74) is 2.52. The van der Waals surface area contributed by atoms with Crippen LogP contribution < -0.4 is 15.0 Å². The molecule has 2 aliphatic rings. The van der Waals surface area contributed by atoms with E-state index >= 15 is 0 Å². The van der Waals surface area contributed by atoms with Gasteiger partial charge >= 0.3 is 0 Å². The van der Waals surface area contributed by atoms with Crippen LogP contribution in [0.1, 0.15) is 11.1 Å². The zero-order chi connectivity index (χ0) is 18.8. The van der Waals surface area contributed by atoms with Gasteiger partial charge < -0.3 is 15.0 Å². The molecule has 0 bridgehead atoms. The van der Waals surface area contributed by atoms with E-state index in [0.29, 0.717) is 34.5 Å². The highest BCUT2D eigenvalue weighted by atomic mass is 32.2. The van der Waals surface area contributed by atoms with Gasteiger partial charge in [0.2, 0.25) is 5.91 Å². The SMILES string of the molecule is O=C1NC(=S)S/C1=C\c1ccc2c(c1)N(C(=O)Cc1ccccc1)CCO2. The van der Waals surface area contributed by atoms with E-state index in [0.717, 1.165) is 16.8 Å². The molecule has 2 aliphatic heterocycles. The van der Waals surface area contributed by atoms with E-state index in [1.54, 1.807) is 11.0 Å². The number of anilines is 1. The quantitative estimate of drug-likeness (QED) is 0.638. The highest BCUT2D eigenvalue weighted by Crippen LogP contribution is 2.35. The van der Waals surface area contributed by atoms with E-state index < -0.39 is 0 Å². The van der Waals surface area contributed by atoms with E-state index in [4.69, 9.17) is 17.0 Å². The monoisotopic (exact) mass is 396 g/mol. The molecular weight excluding hydrogens is 380 g/mol. The van der Waals surface area contributed by atoms with Crippen molar-refractivity contribution < 1.29 is 14.3 Å². The number of carbonyl (C=O) groups is 2. The maximum absolute atomic E-state index is 12.9. The Morgan fingerprint density at radius 3 is 2.81 bits per heavy atom. The summed E-state index contributed by atoms with van der Waals surface area (Å²) in [5.74, 6) is 0.490. The fourth-order valence-corrected chi connectivity index (χ4v) is 4.07. The molecule has 1 N–H and O–H groups in total. The lowest BCUT2D eigenvalue weighted by atomic mass is 10.1. The van der Waals surface area contributed by atoms with Gasteiger partial charge in [-0.2, -0.15) is 0 Å². The van der Waals surface area contributed by atoms with Gasteiger partial charge in [0.15, 0.2) is 0 Å². The Kier molecular flexibility index (Phi) is 4.96. The van der Waals surface area contributed by atoms with Crippen molar-refractivity contribution in [3.8, 4) is 5.75 Å². The van der Waals surface area contributed by atoms with Crippen molar-refractivity contribution >= 4 is 51.9 Å². The Bertz CT molecular complexity index is 957. The first-order valence-electron chi connectivity index (χ1n) is 8.46. The summed E-state index contributed by atoms with van der Waals surface area (Å²) < 4.78 is 6.15. The van der Waals surface area contributed by atoms with Gasteiger partial charge in [-0.25, -0.2) is 0 Å². The predicted molar refractivity (Wildman–Crippen MR) is 111 cm³/mol. The van der Waals surface area contributed by atoms with Crippen molar-refractivity contribution in [3.05, 3.63) is 64.6 Å². The molecule has 2 heterocycles. The van der Waals surface area contributed by atoms with E-state index in [-0.39, 0.29) is 11.8 Å². The number of hydrogen-bond donors (Lipinski definition) is 1. The number of nitrogens with zero attached hydrogens (tertiary/aromatic N) is 1. The van der Waals surface area contributed by atoms with Crippen molar-refractivity contribution in [2.75, 3.05) is 18.1 Å². The number of benzene rings is 2. The first-order chi connectivity index (χ1) is 13.1. The Labute approximate surface area is 166 Å². The summed E-state index contributed by atoms with van der Waals surface area (Å²) in [6.07, 6.45) is 2.10. The number of ether oxygens (including phenoxy) is 1. The van der Waals surface area contributed by atoms with Gasteiger partial charge in [-0.15, -0.1) is 0 Å². The Balaban J connectivity index is 1.61. The maximum Gasteiger partial charge on any atom is 0.263 e. The van der Waals surface area contributed by atoms with Crippen LogP contribution in [-0.4, -0.2) is 29.3 Å². The molecule has 136 valence electrons. The van der Waals surface area contributed by atoms with Gasteiger partial charge in [0.25, 0.3) is 5.91 Å². The number of carbonyl (C=O) groups excluding carboxylic acids is 2. The summed E-state index contributed by atoms with van der Waals surface area (Å²) in [4.78, 5) is 27.0. The van der Waals surface area contributed by atoms with Crippen LogP contribution in [0.25, 0.3) is 6.08 Å². The van der Waals surface area contributed by atoms with Crippen molar-refractivity contribution in [2.24, 2.45) is 0 Å². The molecule has 5 nitrogen and oxygen atoms in total. The largest absolute Gasteiger partial charge is 0.490 e. The van der Waals surface area contributed by atoms with E-state index in [1.807, 2.05) is 48.5 Å². The highest BCUT2D eigenvalue weighted by Gasteiger charge is 2.25. The smallest absolute Gasteiger partial charge is 0.263 e. The zero-order valence-electron chi connectivity index (χ0n) is 14.3. The van der Waals surface area contributed by atoms with E-state index in [9.17, 15) is 9.59 Å². The van der Waals surface area contributed by atoms with Gasteiger partial charge in [-0.05, 0) is 29.3 Å². The number of hydrogen-bond acceptors (Lipinski definition) is 5. The standard InChI is InChI=1S/C20H16N2O3S2/c23-18(12-13-4-2-1-3-5-13)22-8-9-25-16-7-6-14(10-15(16)22)11-17-19(24)21-20(26)27-17/h1-7,10-11H,8-9,12H2,(H,21,24,26)/b17-11-. The summed E-state index contributed by atoms with van der Waals surface area (Å²) in [6, 6.07) is 15.2. The van der Waals surface area contributed by atoms with Gasteiger partial charge in [0, 0.05) is 0 Å². The van der Waals surface area contributed by atoms with E-state index in [1.165, 1.54) is 11.8 Å². The second-order valence-corrected chi connectivity index (χ2v) is 7.85. The normalized spacial score (nSPS) is 17.5. The van der Waals surface area contributed by atoms with Crippen LogP contribution in [0, 0.1) is 0 Å². The lowest BCUT2D eigenvalue weighted by molar-refractivity contribution is -0.118. The first-order valence-corrected chi connectivity index (χ1v) is 9.68. The average molecular weight is 396 g/mol. The highest BCUT2D eigenvalue weighted by molar-refractivity contribution is 8.26. The molecule has 1 fully saturated rings. The van der Waals surface area contributed by atoms with Crippen molar-refractivity contribution in [3.63, 3.8) is 0 Å². The number of fused-ring (bicyclic) bond motifs is 1. The lowest BCUT2D eigenvalue weighted by Crippen LogP contribution is -2.38. The molecule has 0 aliphatic carbocycles. The third kappa shape index (κ3) is 3.89. The molecule has 2 aromatic carbocycles. The van der Waals surface area contributed by atoms with Gasteiger partial charge in [0.1, 0.15) is 16.7 Å². The molecule has 0 radical (unpaired) electrons. The molecule has 2 aromatic rings. The van der Waals surface area contributed by atoms with Crippen molar-refractivity contribution in [1.82, 2.24) is 5.32 Å². The van der Waals surface area contributed by atoms with Crippen LogP contribution in [0.4, 0.5) is 5.69 Å². The molecule has 4 rings (SSSR count). The fourth-order valence-electron chi connectivity index (χ4n) is 3.02. The number of thiocarbonyl (C=S) groups is 1. The summed E-state index contributed by atoms with van der Waals surface area (Å²) in [7, 11) is 0. The van der Waals surface area contributed by atoms with E-state index in [2.05, 4.69) is 5.32 Å². The molecule has 0 atom stereocenters. The predicted octanol–water partition coefficient (Wildman–Crippen LogP) is 3.14. The molecule has 27 heavy (non-hydrogen) atoms. The van der Waals surface area contributed by atoms with Crippen molar-refractivity contribution in [1.29, 1.82) is 0 Å². The minimum Gasteiger partial charge on any atom is -0.490 e. The minimum absolute atomic E-state index is 0.0183. The molecule has 1 saturated heterocycles. The third-order valence-electron chi connectivity index (χ3n) is 4.29. The molecule has 0 unspecified atom stereocenters. The van der Waals surface area contributed by atoms with Gasteiger partial charge in [-0.1, -0.05) is 60.4 Å². The number of amides is 2. The Hall–Kier alpha value is -2.64. The van der Waals surface area contributed by atoms with Crippen LogP contribution in [0.15, 0.2) is 53.4 Å². The number of nitrogens with one attached hydrogen (secondary N) is 1. The fraction of sp³-hybridized carbons (Fsp3) is 0.150. The van der Waals surface area contributed by atoms with Crippen LogP contribution in [-0.2, 0) is 16.0 Å². The molecule has 0 aromatic heterocycles. The second-order valence-electron chi connectivity index (χ2n) is 6.14. The van der Waals surface area contributed by atoms with Crippen molar-refractivity contribution in [2.45, 2.75) is 6.42 Å². The zero-order valence-corrected chi connectivity index (χ0v) is 15.9. The molecule has 7 heteroatoms. The average Bonchev–Trinajstić information content (AvgIpc) is 2.99. The minimum atomic E-state index is -0.198. The van der Waals surface area contributed by atoms with Gasteiger partial charge in [-0.3, -0.25) is 9.59 Å². The van der Waals surface area contributed by atoms with Crippen LogP contribution in [0.3, 0.4) is 0 Å². The van der Waals surface area contributed by atoms with Crippen LogP contribution >= 0.6 is 24.0 Å². The third-order valence-corrected chi connectivity index (χ3v) is 5.45. The molecule has 0 saturated carbocycles. The number of rotatable bonds is 3. The first kappa shape index (κ1) is 17.8. The molecule has 0 spiro atoms. The maximum atomic E-state index is 12.9. The summed E-state index contributed by atoms with van der Waals surface area (Å²) in [5, 5.41) is 2.60. The van der Waals surface area contributed by atoms with Crippen LogP contribution in [0.2, 0.25) is 0 Å². The molecular formula is C20H16N2O3S2. The summed E-state index contributed by atoms with van der Waals surface area (Å²) in [6.45, 7) is 0.957. The van der Waals surface area contributed by atoms with Gasteiger partial charge in [0.05, 0.1) is 23.6 Å². The number of thioether (sulfide) groups is 1. The second kappa shape index (κ2) is 7.54. The van der Waals surface area contributed by atoms with Crippen LogP contribution in [0.5, 0.6) is 5.75 Å². The molecule has 2 amide bonds. The topological polar surface area (TPSA) is 58.6 Å². The lowest BCUT2D eigenvalue weighted by Gasteiger charge is -2.30. The Morgan fingerprint density at radius 1 is 1.26 bits per heavy atom.